The summed E-state index contributed by atoms with van der Waals surface area (Å²) in [5.74, 6) is 1.77. The van der Waals surface area contributed by atoms with E-state index >= 15 is 0 Å². The Hall–Kier alpha value is -1.56. The van der Waals surface area contributed by atoms with Crippen LogP contribution in [0.3, 0.4) is 0 Å². The fourth-order valence-electron chi connectivity index (χ4n) is 1.88. The lowest BCUT2D eigenvalue weighted by Gasteiger charge is -2.19. The molecular weight excluding hydrogens is 208 g/mol. The van der Waals surface area contributed by atoms with E-state index in [4.69, 9.17) is 15.2 Å². The van der Waals surface area contributed by atoms with Crippen LogP contribution in [0.4, 0.5) is 5.82 Å². The van der Waals surface area contributed by atoms with Gasteiger partial charge in [0.25, 0.3) is 5.88 Å². The summed E-state index contributed by atoms with van der Waals surface area (Å²) in [5.41, 5.74) is 5.87. The van der Waals surface area contributed by atoms with Gasteiger partial charge in [-0.15, -0.1) is 0 Å². The Bertz CT molecular complexity index is 372. The molecule has 1 aromatic rings. The molecule has 16 heavy (non-hydrogen) atoms. The minimum absolute atomic E-state index is 0.200. The Morgan fingerprint density at radius 3 is 2.75 bits per heavy atom. The van der Waals surface area contributed by atoms with Crippen molar-refractivity contribution in [3.8, 4) is 11.6 Å². The van der Waals surface area contributed by atoms with Gasteiger partial charge in [-0.3, -0.25) is 0 Å². The molecule has 0 radical (unpaired) electrons. The van der Waals surface area contributed by atoms with Crippen LogP contribution in [0.2, 0.25) is 0 Å². The van der Waals surface area contributed by atoms with Gasteiger partial charge in [0.05, 0.1) is 14.2 Å². The zero-order valence-electron chi connectivity index (χ0n) is 9.51. The maximum atomic E-state index is 5.87. The van der Waals surface area contributed by atoms with Gasteiger partial charge in [-0.1, -0.05) is 0 Å². The summed E-state index contributed by atoms with van der Waals surface area (Å²) in [7, 11) is 3.14. The molecule has 0 bridgehead atoms. The third kappa shape index (κ3) is 1.88. The highest BCUT2D eigenvalue weighted by Crippen LogP contribution is 2.34. The van der Waals surface area contributed by atoms with E-state index in [9.17, 15) is 0 Å². The standard InChI is InChI=1S/C10H16N4O2/c1-15-8-9(12-6-13-10(8)16-2)14-4-3-7(11)5-14/h6-7H,3-5,11H2,1-2H3. The van der Waals surface area contributed by atoms with Gasteiger partial charge >= 0.3 is 0 Å². The molecule has 1 aliphatic heterocycles. The Kier molecular flexibility index (Phi) is 3.09. The van der Waals surface area contributed by atoms with Crippen LogP contribution in [0, 0.1) is 0 Å². The third-order valence-electron chi connectivity index (χ3n) is 2.67. The van der Waals surface area contributed by atoms with Crippen molar-refractivity contribution in [1.82, 2.24) is 9.97 Å². The van der Waals surface area contributed by atoms with Crippen molar-refractivity contribution in [2.24, 2.45) is 5.73 Å². The van der Waals surface area contributed by atoms with Crippen LogP contribution in [0.1, 0.15) is 6.42 Å². The molecule has 1 fully saturated rings. The zero-order valence-corrected chi connectivity index (χ0v) is 9.51. The van der Waals surface area contributed by atoms with Gasteiger partial charge in [-0.05, 0) is 6.42 Å². The number of hydrogen-bond acceptors (Lipinski definition) is 6. The van der Waals surface area contributed by atoms with Crippen molar-refractivity contribution in [3.63, 3.8) is 0 Å². The second-order valence-corrected chi connectivity index (χ2v) is 3.73. The van der Waals surface area contributed by atoms with E-state index < -0.39 is 0 Å². The van der Waals surface area contributed by atoms with Crippen LogP contribution in [0.25, 0.3) is 0 Å². The fraction of sp³-hybridized carbons (Fsp3) is 0.600. The maximum Gasteiger partial charge on any atom is 0.262 e. The third-order valence-corrected chi connectivity index (χ3v) is 2.67. The lowest BCUT2D eigenvalue weighted by molar-refractivity contribution is 0.341. The summed E-state index contributed by atoms with van der Waals surface area (Å²) in [6.07, 6.45) is 2.44. The van der Waals surface area contributed by atoms with Crippen LogP contribution in [0.5, 0.6) is 11.6 Å². The second-order valence-electron chi connectivity index (χ2n) is 3.73. The molecule has 1 atom stereocenters. The van der Waals surface area contributed by atoms with Crippen molar-refractivity contribution in [2.75, 3.05) is 32.2 Å². The minimum atomic E-state index is 0.200. The molecule has 2 rings (SSSR count). The molecule has 0 aromatic carbocycles. The normalized spacial score (nSPS) is 19.9. The summed E-state index contributed by atoms with van der Waals surface area (Å²) in [6, 6.07) is 0.200. The van der Waals surface area contributed by atoms with Crippen molar-refractivity contribution in [1.29, 1.82) is 0 Å². The van der Waals surface area contributed by atoms with E-state index in [0.717, 1.165) is 25.3 Å². The Balaban J connectivity index is 2.32. The van der Waals surface area contributed by atoms with Crippen LogP contribution >= 0.6 is 0 Å². The molecule has 88 valence electrons. The molecule has 0 amide bonds. The van der Waals surface area contributed by atoms with Crippen LogP contribution in [-0.2, 0) is 0 Å². The largest absolute Gasteiger partial charge is 0.489 e. The predicted octanol–water partition coefficient (Wildman–Crippen LogP) is 0.0312. The minimum Gasteiger partial charge on any atom is -0.489 e. The molecule has 0 saturated carbocycles. The monoisotopic (exact) mass is 224 g/mol. The summed E-state index contributed by atoms with van der Waals surface area (Å²) in [4.78, 5) is 10.3. The quantitative estimate of drug-likeness (QED) is 0.781. The van der Waals surface area contributed by atoms with E-state index in [1.807, 2.05) is 0 Å². The highest BCUT2D eigenvalue weighted by molar-refractivity contribution is 5.57. The lowest BCUT2D eigenvalue weighted by atomic mass is 10.3. The number of nitrogens with zero attached hydrogens (tertiary/aromatic N) is 3. The SMILES string of the molecule is COc1ncnc(N2CCC(N)C2)c1OC. The summed E-state index contributed by atoms with van der Waals surface area (Å²) >= 11 is 0. The molecule has 6 nitrogen and oxygen atoms in total. The average Bonchev–Trinajstić information content (AvgIpc) is 2.74. The molecule has 1 unspecified atom stereocenters. The molecular formula is C10H16N4O2. The molecule has 0 spiro atoms. The highest BCUT2D eigenvalue weighted by atomic mass is 16.5. The van der Waals surface area contributed by atoms with Crippen molar-refractivity contribution >= 4 is 5.82 Å². The van der Waals surface area contributed by atoms with Crippen LogP contribution in [0.15, 0.2) is 6.33 Å². The zero-order chi connectivity index (χ0) is 11.5. The fourth-order valence-corrected chi connectivity index (χ4v) is 1.88. The second kappa shape index (κ2) is 4.52. The molecule has 2 N–H and O–H groups in total. The number of rotatable bonds is 3. The van der Waals surface area contributed by atoms with Gasteiger partial charge in [-0.25, -0.2) is 4.98 Å². The molecule has 0 aliphatic carbocycles. The van der Waals surface area contributed by atoms with E-state index in [1.54, 1.807) is 14.2 Å². The summed E-state index contributed by atoms with van der Waals surface area (Å²) in [6.45, 7) is 1.67. The number of anilines is 1. The van der Waals surface area contributed by atoms with Gasteiger partial charge in [0, 0.05) is 19.1 Å². The van der Waals surface area contributed by atoms with Gasteiger partial charge in [-0.2, -0.15) is 4.98 Å². The van der Waals surface area contributed by atoms with Crippen LogP contribution < -0.4 is 20.1 Å². The van der Waals surface area contributed by atoms with Crippen molar-refractivity contribution in [2.45, 2.75) is 12.5 Å². The number of ether oxygens (including phenoxy) is 2. The van der Waals surface area contributed by atoms with E-state index in [-0.39, 0.29) is 6.04 Å². The first kappa shape index (κ1) is 10.9. The summed E-state index contributed by atoms with van der Waals surface area (Å²) < 4.78 is 10.4. The number of hydrogen-bond donors (Lipinski definition) is 1. The van der Waals surface area contributed by atoms with Gasteiger partial charge in [0.2, 0.25) is 5.75 Å². The number of methoxy groups -OCH3 is 2. The number of nitrogens with two attached hydrogens (primary N) is 1. The van der Waals surface area contributed by atoms with E-state index in [1.165, 1.54) is 6.33 Å². The average molecular weight is 224 g/mol. The van der Waals surface area contributed by atoms with Crippen molar-refractivity contribution in [3.05, 3.63) is 6.33 Å². The molecule has 2 heterocycles. The van der Waals surface area contributed by atoms with Crippen molar-refractivity contribution < 1.29 is 9.47 Å². The Morgan fingerprint density at radius 2 is 2.19 bits per heavy atom. The molecule has 6 heteroatoms. The molecule has 1 aliphatic rings. The first-order chi connectivity index (χ1) is 7.76. The van der Waals surface area contributed by atoms with E-state index in [2.05, 4.69) is 14.9 Å². The predicted molar refractivity (Wildman–Crippen MR) is 59.9 cm³/mol. The Labute approximate surface area is 94.4 Å². The van der Waals surface area contributed by atoms with E-state index in [0.29, 0.717) is 11.6 Å². The van der Waals surface area contributed by atoms with Crippen LogP contribution in [-0.4, -0.2) is 43.3 Å². The first-order valence-electron chi connectivity index (χ1n) is 5.19. The topological polar surface area (TPSA) is 73.5 Å². The maximum absolute atomic E-state index is 5.87. The van der Waals surface area contributed by atoms with Gasteiger partial charge in [0.1, 0.15) is 6.33 Å². The lowest BCUT2D eigenvalue weighted by Crippen LogP contribution is -2.27. The smallest absolute Gasteiger partial charge is 0.262 e. The Morgan fingerprint density at radius 1 is 1.38 bits per heavy atom. The first-order valence-corrected chi connectivity index (χ1v) is 5.19. The molecule has 1 aromatic heterocycles. The molecule has 1 saturated heterocycles. The summed E-state index contributed by atoms with van der Waals surface area (Å²) in [5, 5.41) is 0. The van der Waals surface area contributed by atoms with Gasteiger partial charge < -0.3 is 20.1 Å². The van der Waals surface area contributed by atoms with Gasteiger partial charge in [0.15, 0.2) is 5.82 Å². The number of aromatic nitrogens is 2. The highest BCUT2D eigenvalue weighted by Gasteiger charge is 2.25.